The van der Waals surface area contributed by atoms with Crippen molar-refractivity contribution in [3.8, 4) is 11.4 Å². The number of esters is 2. The van der Waals surface area contributed by atoms with Crippen LogP contribution in [-0.4, -0.2) is 174 Å². The lowest BCUT2D eigenvalue weighted by molar-refractivity contribution is 0.0585. The minimum absolute atomic E-state index is 0.231. The van der Waals surface area contributed by atoms with Gasteiger partial charge in [-0.3, -0.25) is 4.90 Å². The fourth-order valence-corrected chi connectivity index (χ4v) is 12.2. The largest absolute Gasteiger partial charge is 0.464 e. The summed E-state index contributed by atoms with van der Waals surface area (Å²) in [5.74, 6) is -0.869. The van der Waals surface area contributed by atoms with Gasteiger partial charge in [0.1, 0.15) is 11.6 Å². The molecule has 0 radical (unpaired) electrons. The number of likely N-dealkylation sites (tertiary alicyclic amines) is 1. The smallest absolute Gasteiger partial charge is 0.409 e. The second-order valence-corrected chi connectivity index (χ2v) is 22.0. The molecular weight excluding hydrogens is 1060 g/mol. The van der Waals surface area contributed by atoms with E-state index in [1.165, 1.54) is 91.5 Å². The van der Waals surface area contributed by atoms with Crippen LogP contribution in [-0.2, 0) is 18.9 Å². The molecule has 4 saturated heterocycles. The van der Waals surface area contributed by atoms with E-state index < -0.39 is 17.4 Å². The van der Waals surface area contributed by atoms with E-state index >= 15 is 0 Å². The van der Waals surface area contributed by atoms with Crippen molar-refractivity contribution in [3.63, 3.8) is 0 Å². The molecule has 22 heteroatoms. The summed E-state index contributed by atoms with van der Waals surface area (Å²) in [7, 11) is 5.38. The maximum absolute atomic E-state index is 13.7. The normalized spacial score (nSPS) is 18.7. The number of carbonyl (C=O) groups is 4. The highest BCUT2D eigenvalue weighted by atomic mass is 35.5. The SMILES string of the molecule is COC(=O)Cl.COC(=O)c1cc(N2CCC(N3CCCCC3)CC2)c2c(C3CCC3)nn(-c3ccc(F)cc3)c2n1.COC(=O)c1cc(N2CCC(N3CCN(C(=O)OC)CC3)CC2)c2c(C3CCC3)nn(-c3ccc(F)cc3)c2n1. The number of rotatable bonds is 10. The number of benzene rings is 2. The molecule has 19 nitrogen and oxygen atoms in total. The molecule has 0 spiro atoms. The Hall–Kier alpha value is -6.97. The maximum Gasteiger partial charge on any atom is 0.409 e. The third kappa shape index (κ3) is 12.6. The van der Waals surface area contributed by atoms with E-state index in [1.54, 1.807) is 38.5 Å². The Morgan fingerprint density at radius 2 is 0.889 bits per heavy atom. The zero-order valence-electron chi connectivity index (χ0n) is 46.7. The van der Waals surface area contributed by atoms with E-state index in [-0.39, 0.29) is 29.1 Å². The van der Waals surface area contributed by atoms with Crippen LogP contribution in [0.4, 0.5) is 29.7 Å². The first-order chi connectivity index (χ1) is 39.3. The summed E-state index contributed by atoms with van der Waals surface area (Å²) in [5, 5.41) is 12.0. The maximum atomic E-state index is 13.7. The fourth-order valence-electron chi connectivity index (χ4n) is 12.2. The van der Waals surface area contributed by atoms with E-state index in [0.29, 0.717) is 54.0 Å². The molecule has 2 aliphatic carbocycles. The Bertz CT molecular complexity index is 3180. The van der Waals surface area contributed by atoms with E-state index in [2.05, 4.69) is 35.9 Å². The van der Waals surface area contributed by atoms with Crippen molar-refractivity contribution in [3.05, 3.63) is 95.1 Å². The third-order valence-corrected chi connectivity index (χ3v) is 17.3. The van der Waals surface area contributed by atoms with Crippen molar-refractivity contribution in [2.24, 2.45) is 0 Å². The summed E-state index contributed by atoms with van der Waals surface area (Å²) in [6.45, 7) is 8.98. The van der Waals surface area contributed by atoms with Crippen LogP contribution in [0.15, 0.2) is 60.7 Å². The highest BCUT2D eigenvalue weighted by Gasteiger charge is 2.36. The molecule has 6 fully saturated rings. The third-order valence-electron chi connectivity index (χ3n) is 17.1. The number of pyridine rings is 2. The number of fused-ring (bicyclic) bond motifs is 2. The Morgan fingerprint density at radius 1 is 0.494 bits per heavy atom. The zero-order chi connectivity index (χ0) is 56.7. The zero-order valence-corrected chi connectivity index (χ0v) is 47.4. The molecule has 0 bridgehead atoms. The molecule has 1 amide bonds. The number of hydrogen-bond donors (Lipinski definition) is 0. The van der Waals surface area contributed by atoms with Gasteiger partial charge in [-0.05, 0) is 138 Å². The van der Waals surface area contributed by atoms with Crippen molar-refractivity contribution >= 4 is 68.5 Å². The second kappa shape index (κ2) is 25.9. The molecule has 4 aliphatic heterocycles. The van der Waals surface area contributed by atoms with Crippen molar-refractivity contribution < 1.29 is 46.9 Å². The lowest BCUT2D eigenvalue weighted by atomic mass is 9.82. The van der Waals surface area contributed by atoms with E-state index in [9.17, 15) is 28.0 Å². The molecule has 12 rings (SSSR count). The fraction of sp³-hybridized carbons (Fsp3) is 0.525. The van der Waals surface area contributed by atoms with Crippen LogP contribution in [0, 0.1) is 11.6 Å². The van der Waals surface area contributed by atoms with E-state index in [4.69, 9.17) is 34.4 Å². The first kappa shape index (κ1) is 57.3. The highest BCUT2D eigenvalue weighted by Crippen LogP contribution is 2.45. The predicted molar refractivity (Wildman–Crippen MR) is 303 cm³/mol. The van der Waals surface area contributed by atoms with Crippen LogP contribution in [0.3, 0.4) is 0 Å². The molecule has 432 valence electrons. The molecule has 0 N–H and O–H groups in total. The average Bonchev–Trinajstić information content (AvgIpc) is 4.25. The molecule has 0 unspecified atom stereocenters. The van der Waals surface area contributed by atoms with Gasteiger partial charge in [-0.2, -0.15) is 10.2 Å². The molecule has 6 aromatic rings. The van der Waals surface area contributed by atoms with Gasteiger partial charge in [-0.15, -0.1) is 0 Å². The van der Waals surface area contributed by atoms with Crippen LogP contribution in [0.2, 0.25) is 0 Å². The van der Waals surface area contributed by atoms with Gasteiger partial charge in [-0.25, -0.2) is 47.3 Å². The number of halogens is 3. The number of nitrogens with zero attached hydrogens (tertiary/aromatic N) is 11. The molecule has 81 heavy (non-hydrogen) atoms. The Labute approximate surface area is 475 Å². The topological polar surface area (TPSA) is 183 Å². The molecule has 6 aliphatic rings. The summed E-state index contributed by atoms with van der Waals surface area (Å²) in [4.78, 5) is 67.8. The summed E-state index contributed by atoms with van der Waals surface area (Å²) >= 11 is 4.60. The standard InChI is InChI=1S/C29H35FN6O4.C28H34FN5O2.C2H3ClO2/c1-39-28(37)23-18-24(34-12-10-21(11-13-34)33-14-16-35(17-15-33)29(38)40-2)25-26(19-4-3-5-19)32-36(27(25)31-23)22-8-6-20(30)7-9-22;1-36-28(35)23-18-24(33-16-12-21(13-17-33)32-14-3-2-4-15-32)25-26(19-6-5-7-19)31-34(27(25)30-23)22-10-8-20(29)9-11-22;1-5-2(3)4/h6-9,18-19,21H,3-5,10-17H2,1-2H3;8-11,18-19,21H,2-7,12-17H2,1H3;1H3. The minimum atomic E-state index is -0.773. The van der Waals surface area contributed by atoms with Gasteiger partial charge in [0.2, 0.25) is 0 Å². The van der Waals surface area contributed by atoms with Gasteiger partial charge in [0.15, 0.2) is 22.7 Å². The average molecular weight is 1140 g/mol. The van der Waals surface area contributed by atoms with Crippen molar-refractivity contribution in [2.75, 3.05) is 104 Å². The molecular formula is C59H72ClF2N11O8. The van der Waals surface area contributed by atoms with Gasteiger partial charge in [0, 0.05) is 87.9 Å². The summed E-state index contributed by atoms with van der Waals surface area (Å²) in [6.07, 6.45) is 14.6. The summed E-state index contributed by atoms with van der Waals surface area (Å²) < 4.78 is 49.8. The quantitative estimate of drug-likeness (QED) is 0.0717. The van der Waals surface area contributed by atoms with Crippen molar-refractivity contribution in [2.45, 2.75) is 107 Å². The van der Waals surface area contributed by atoms with Crippen molar-refractivity contribution in [1.82, 2.24) is 44.2 Å². The van der Waals surface area contributed by atoms with Crippen molar-refractivity contribution in [1.29, 1.82) is 0 Å². The summed E-state index contributed by atoms with van der Waals surface area (Å²) in [5.41, 5.74) is 6.40. The van der Waals surface area contributed by atoms with Gasteiger partial charge in [0.05, 0.1) is 73.3 Å². The Balaban J connectivity index is 0.000000169. The number of methoxy groups -OCH3 is 4. The minimum Gasteiger partial charge on any atom is -0.464 e. The second-order valence-electron chi connectivity index (χ2n) is 21.7. The monoisotopic (exact) mass is 1140 g/mol. The number of aromatic nitrogens is 6. The highest BCUT2D eigenvalue weighted by molar-refractivity contribution is 6.61. The van der Waals surface area contributed by atoms with Crippen LogP contribution in [0.1, 0.15) is 128 Å². The number of piperidine rings is 3. The van der Waals surface area contributed by atoms with Crippen LogP contribution < -0.4 is 9.80 Å². The van der Waals surface area contributed by atoms with Crippen LogP contribution in [0.25, 0.3) is 33.4 Å². The molecule has 2 saturated carbocycles. The van der Waals surface area contributed by atoms with Crippen LogP contribution >= 0.6 is 11.6 Å². The lowest BCUT2D eigenvalue weighted by Crippen LogP contribution is -2.54. The van der Waals surface area contributed by atoms with Crippen LogP contribution in [0.5, 0.6) is 0 Å². The predicted octanol–water partition coefficient (Wildman–Crippen LogP) is 10.0. The molecule has 0 atom stereocenters. The Kier molecular flexibility index (Phi) is 18.3. The van der Waals surface area contributed by atoms with E-state index in [0.717, 1.165) is 136 Å². The molecule has 8 heterocycles. The molecule has 2 aromatic carbocycles. The number of anilines is 2. The Morgan fingerprint density at radius 3 is 1.23 bits per heavy atom. The van der Waals surface area contributed by atoms with E-state index in [1.807, 2.05) is 12.1 Å². The number of carbonyl (C=O) groups excluding carboxylic acids is 4. The number of piperazine rings is 1. The first-order valence-electron chi connectivity index (χ1n) is 28.5. The number of ether oxygens (including phenoxy) is 4. The van der Waals surface area contributed by atoms with Gasteiger partial charge in [-0.1, -0.05) is 19.3 Å². The number of hydrogen-bond acceptors (Lipinski definition) is 16. The van der Waals surface area contributed by atoms with Gasteiger partial charge < -0.3 is 38.5 Å². The summed E-state index contributed by atoms with van der Waals surface area (Å²) in [6, 6.07) is 17.3. The lowest BCUT2D eigenvalue weighted by Gasteiger charge is -2.43. The number of amides is 1. The van der Waals surface area contributed by atoms with Gasteiger partial charge in [0.25, 0.3) is 0 Å². The first-order valence-corrected chi connectivity index (χ1v) is 28.8. The molecule has 4 aromatic heterocycles. The van der Waals surface area contributed by atoms with Gasteiger partial charge >= 0.3 is 23.5 Å².